The molecule has 1 aliphatic heterocycles. The Kier molecular flexibility index (Phi) is 2.73. The van der Waals surface area contributed by atoms with Crippen LogP contribution in [0.25, 0.3) is 11.0 Å². The molecule has 0 bridgehead atoms. The lowest BCUT2D eigenvalue weighted by Crippen LogP contribution is -2.31. The number of anilines is 2. The molecule has 20 heavy (non-hydrogen) atoms. The van der Waals surface area contributed by atoms with Gasteiger partial charge in [0.15, 0.2) is 5.65 Å². The summed E-state index contributed by atoms with van der Waals surface area (Å²) in [6, 6.07) is 0.334. The van der Waals surface area contributed by atoms with Crippen molar-refractivity contribution >= 4 is 22.8 Å². The molecule has 3 N–H and O–H groups in total. The van der Waals surface area contributed by atoms with Gasteiger partial charge in [0, 0.05) is 13.7 Å². The molecule has 7 nitrogen and oxygen atoms in total. The van der Waals surface area contributed by atoms with Gasteiger partial charge in [0.2, 0.25) is 5.95 Å². The molecule has 2 fully saturated rings. The summed E-state index contributed by atoms with van der Waals surface area (Å²) in [6.45, 7) is 0.831. The summed E-state index contributed by atoms with van der Waals surface area (Å²) in [7, 11) is 1.81. The van der Waals surface area contributed by atoms with Gasteiger partial charge in [-0.2, -0.15) is 15.1 Å². The van der Waals surface area contributed by atoms with Gasteiger partial charge in [-0.05, 0) is 25.2 Å². The first-order valence-corrected chi connectivity index (χ1v) is 7.12. The van der Waals surface area contributed by atoms with Gasteiger partial charge in [-0.3, -0.25) is 5.10 Å². The van der Waals surface area contributed by atoms with E-state index in [9.17, 15) is 0 Å². The lowest BCUT2D eigenvalue weighted by molar-refractivity contribution is 0.0898. The third-order valence-corrected chi connectivity index (χ3v) is 4.08. The Morgan fingerprint density at radius 1 is 1.30 bits per heavy atom. The number of aromatic amines is 1. The zero-order valence-corrected chi connectivity index (χ0v) is 11.4. The van der Waals surface area contributed by atoms with Crippen molar-refractivity contribution < 1.29 is 4.74 Å². The summed E-state index contributed by atoms with van der Waals surface area (Å²) in [6.07, 6.45) is 5.69. The van der Waals surface area contributed by atoms with Crippen molar-refractivity contribution in [2.24, 2.45) is 5.92 Å². The second-order valence-corrected chi connectivity index (χ2v) is 5.49. The molecule has 0 radical (unpaired) electrons. The number of H-pyrrole nitrogens is 1. The van der Waals surface area contributed by atoms with Crippen LogP contribution in [0, 0.1) is 5.92 Å². The molecule has 2 aliphatic rings. The minimum absolute atomic E-state index is 0.324. The first-order chi connectivity index (χ1) is 9.85. The largest absolute Gasteiger partial charge is 0.376 e. The molecule has 0 spiro atoms. The van der Waals surface area contributed by atoms with Crippen molar-refractivity contribution in [2.75, 3.05) is 24.3 Å². The maximum Gasteiger partial charge on any atom is 0.226 e. The molecule has 1 saturated heterocycles. The fraction of sp³-hybridized carbons (Fsp3) is 0.615. The van der Waals surface area contributed by atoms with E-state index < -0.39 is 0 Å². The molecule has 7 heteroatoms. The molecule has 2 aromatic heterocycles. The van der Waals surface area contributed by atoms with Crippen LogP contribution in [0.1, 0.15) is 19.3 Å². The molecule has 106 valence electrons. The van der Waals surface area contributed by atoms with Gasteiger partial charge in [-0.15, -0.1) is 0 Å². The normalized spacial score (nSPS) is 26.1. The highest BCUT2D eigenvalue weighted by Crippen LogP contribution is 2.39. The van der Waals surface area contributed by atoms with E-state index in [-0.39, 0.29) is 0 Å². The second-order valence-electron chi connectivity index (χ2n) is 5.49. The highest BCUT2D eigenvalue weighted by atomic mass is 16.5. The van der Waals surface area contributed by atoms with Gasteiger partial charge < -0.3 is 15.4 Å². The molecule has 0 amide bonds. The van der Waals surface area contributed by atoms with Crippen LogP contribution in [-0.4, -0.2) is 46.0 Å². The van der Waals surface area contributed by atoms with Gasteiger partial charge in [-0.1, -0.05) is 0 Å². The Bertz CT molecular complexity index is 622. The Morgan fingerprint density at radius 3 is 3.00 bits per heavy atom. The third kappa shape index (κ3) is 1.98. The maximum absolute atomic E-state index is 5.87. The van der Waals surface area contributed by atoms with E-state index in [1.807, 2.05) is 7.05 Å². The number of ether oxygens (including phenoxy) is 1. The van der Waals surface area contributed by atoms with Gasteiger partial charge in [0.05, 0.1) is 23.7 Å². The van der Waals surface area contributed by atoms with Crippen molar-refractivity contribution in [2.45, 2.75) is 31.4 Å². The number of hydrogen-bond acceptors (Lipinski definition) is 6. The summed E-state index contributed by atoms with van der Waals surface area (Å²) in [5.41, 5.74) is 0.744. The van der Waals surface area contributed by atoms with Gasteiger partial charge in [0.25, 0.3) is 0 Å². The number of fused-ring (bicyclic) bond motifs is 1. The van der Waals surface area contributed by atoms with E-state index in [2.05, 4.69) is 30.8 Å². The van der Waals surface area contributed by atoms with E-state index in [0.29, 0.717) is 18.1 Å². The SMILES string of the molecule is CNc1nc(NC2CCOC2C2CC2)c2cn[nH]c2n1. The lowest BCUT2D eigenvalue weighted by Gasteiger charge is -2.20. The fourth-order valence-electron chi connectivity index (χ4n) is 2.89. The molecule has 1 saturated carbocycles. The molecular weight excluding hydrogens is 256 g/mol. The van der Waals surface area contributed by atoms with Crippen molar-refractivity contribution in [1.82, 2.24) is 20.2 Å². The van der Waals surface area contributed by atoms with Crippen molar-refractivity contribution in [3.63, 3.8) is 0 Å². The van der Waals surface area contributed by atoms with Crippen LogP contribution in [0.5, 0.6) is 0 Å². The second kappa shape index (κ2) is 4.59. The van der Waals surface area contributed by atoms with Crippen LogP contribution in [0.15, 0.2) is 6.20 Å². The number of hydrogen-bond donors (Lipinski definition) is 3. The van der Waals surface area contributed by atoms with Crippen LogP contribution < -0.4 is 10.6 Å². The van der Waals surface area contributed by atoms with Crippen LogP contribution >= 0.6 is 0 Å². The Hall–Kier alpha value is -1.89. The number of aromatic nitrogens is 4. The minimum Gasteiger partial charge on any atom is -0.376 e. The van der Waals surface area contributed by atoms with Crippen LogP contribution in [0.2, 0.25) is 0 Å². The molecular formula is C13H18N6O. The van der Waals surface area contributed by atoms with Crippen LogP contribution in [-0.2, 0) is 4.74 Å². The Balaban J connectivity index is 1.65. The highest BCUT2D eigenvalue weighted by Gasteiger charge is 2.40. The van der Waals surface area contributed by atoms with E-state index in [1.165, 1.54) is 12.8 Å². The van der Waals surface area contributed by atoms with E-state index in [1.54, 1.807) is 6.20 Å². The molecule has 3 heterocycles. The van der Waals surface area contributed by atoms with Gasteiger partial charge in [0.1, 0.15) is 5.82 Å². The van der Waals surface area contributed by atoms with Crippen molar-refractivity contribution in [3.05, 3.63) is 6.20 Å². The summed E-state index contributed by atoms with van der Waals surface area (Å²) in [5, 5.41) is 14.4. The highest BCUT2D eigenvalue weighted by molar-refractivity contribution is 5.87. The molecule has 2 atom stereocenters. The predicted molar refractivity (Wildman–Crippen MR) is 75.7 cm³/mol. The quantitative estimate of drug-likeness (QED) is 0.780. The number of nitrogens with one attached hydrogen (secondary N) is 3. The van der Waals surface area contributed by atoms with E-state index >= 15 is 0 Å². The van der Waals surface area contributed by atoms with Gasteiger partial charge in [-0.25, -0.2) is 0 Å². The van der Waals surface area contributed by atoms with Gasteiger partial charge >= 0.3 is 0 Å². The van der Waals surface area contributed by atoms with Crippen LogP contribution in [0.4, 0.5) is 11.8 Å². The average Bonchev–Trinajstić information content (AvgIpc) is 3.01. The Labute approximate surface area is 116 Å². The summed E-state index contributed by atoms with van der Waals surface area (Å²) >= 11 is 0. The maximum atomic E-state index is 5.87. The van der Waals surface area contributed by atoms with E-state index in [0.717, 1.165) is 35.8 Å². The van der Waals surface area contributed by atoms with Crippen molar-refractivity contribution in [3.8, 4) is 0 Å². The molecule has 4 rings (SSSR count). The summed E-state index contributed by atoms with van der Waals surface area (Å²) in [4.78, 5) is 8.86. The minimum atomic E-state index is 0.324. The topological polar surface area (TPSA) is 87.8 Å². The van der Waals surface area contributed by atoms with E-state index in [4.69, 9.17) is 4.74 Å². The fourth-order valence-corrected chi connectivity index (χ4v) is 2.89. The lowest BCUT2D eigenvalue weighted by atomic mass is 10.1. The first-order valence-electron chi connectivity index (χ1n) is 7.12. The number of rotatable bonds is 4. The zero-order valence-electron chi connectivity index (χ0n) is 11.4. The molecule has 2 unspecified atom stereocenters. The monoisotopic (exact) mass is 274 g/mol. The summed E-state index contributed by atoms with van der Waals surface area (Å²) in [5.74, 6) is 2.14. The first kappa shape index (κ1) is 11.9. The predicted octanol–water partition coefficient (Wildman–Crippen LogP) is 1.37. The smallest absolute Gasteiger partial charge is 0.226 e. The Morgan fingerprint density at radius 2 is 2.20 bits per heavy atom. The average molecular weight is 274 g/mol. The number of nitrogens with zero attached hydrogens (tertiary/aromatic N) is 3. The summed E-state index contributed by atoms with van der Waals surface area (Å²) < 4.78 is 5.87. The molecule has 0 aromatic carbocycles. The zero-order chi connectivity index (χ0) is 13.5. The molecule has 2 aromatic rings. The standard InChI is InChI=1S/C13H18N6O/c1-14-13-17-11(8-6-15-19-12(8)18-13)16-9-4-5-20-10(9)7-2-3-7/h6-7,9-10H,2-5H2,1H3,(H3,14,15,16,17,18,19). The van der Waals surface area contributed by atoms with Crippen LogP contribution in [0.3, 0.4) is 0 Å². The van der Waals surface area contributed by atoms with Crippen molar-refractivity contribution in [1.29, 1.82) is 0 Å². The third-order valence-electron chi connectivity index (χ3n) is 4.08. The molecule has 1 aliphatic carbocycles.